The van der Waals surface area contributed by atoms with E-state index in [0.29, 0.717) is 13.2 Å². The quantitative estimate of drug-likeness (QED) is 0.557. The minimum absolute atomic E-state index is 0.274. The van der Waals surface area contributed by atoms with Crippen LogP contribution in [-0.4, -0.2) is 50.9 Å². The van der Waals surface area contributed by atoms with Gasteiger partial charge in [0.1, 0.15) is 11.5 Å². The van der Waals surface area contributed by atoms with E-state index >= 15 is 0 Å². The molecule has 0 aliphatic carbocycles. The van der Waals surface area contributed by atoms with Crippen LogP contribution in [-0.2, 0) is 4.74 Å². The molecule has 29 heavy (non-hydrogen) atoms. The molecule has 1 unspecified atom stereocenters. The van der Waals surface area contributed by atoms with E-state index in [2.05, 4.69) is 57.1 Å². The summed E-state index contributed by atoms with van der Waals surface area (Å²) in [5.74, 6) is 0.966. The van der Waals surface area contributed by atoms with Crippen molar-refractivity contribution < 1.29 is 4.74 Å². The second-order valence-electron chi connectivity index (χ2n) is 7.62. The molecule has 1 atom stereocenters. The Morgan fingerprint density at radius 2 is 2.10 bits per heavy atom. The van der Waals surface area contributed by atoms with Gasteiger partial charge in [0, 0.05) is 41.1 Å². The van der Waals surface area contributed by atoms with Gasteiger partial charge in [-0.05, 0) is 50.6 Å². The van der Waals surface area contributed by atoms with Gasteiger partial charge < -0.3 is 14.6 Å². The molecule has 4 aromatic rings. The smallest absolute Gasteiger partial charge is 0.137 e. The molecule has 0 aromatic carbocycles. The molecule has 0 saturated carbocycles. The summed E-state index contributed by atoms with van der Waals surface area (Å²) in [4.78, 5) is 15.0. The van der Waals surface area contributed by atoms with Gasteiger partial charge in [0.05, 0.1) is 30.6 Å². The predicted octanol–water partition coefficient (Wildman–Crippen LogP) is 3.86. The molecule has 1 fully saturated rings. The summed E-state index contributed by atoms with van der Waals surface area (Å²) in [5.41, 5.74) is 7.17. The van der Waals surface area contributed by atoms with Crippen molar-refractivity contribution in [2.75, 3.05) is 24.7 Å². The lowest BCUT2D eigenvalue weighted by Crippen LogP contribution is -2.44. The number of nitrogens with one attached hydrogen (secondary N) is 2. The first-order valence-electron chi connectivity index (χ1n) is 9.92. The number of morpholine rings is 1. The van der Waals surface area contributed by atoms with Crippen LogP contribution in [0.3, 0.4) is 0 Å². The molecule has 0 amide bonds. The number of aromatic amines is 2. The van der Waals surface area contributed by atoms with Gasteiger partial charge in [0.2, 0.25) is 0 Å². The molecule has 148 valence electrons. The highest BCUT2D eigenvalue weighted by Crippen LogP contribution is 2.34. The number of hydrogen-bond acceptors (Lipinski definition) is 5. The summed E-state index contributed by atoms with van der Waals surface area (Å²) in [6.07, 6.45) is 3.74. The van der Waals surface area contributed by atoms with Crippen molar-refractivity contribution in [1.29, 1.82) is 0 Å². The molecule has 0 spiro atoms. The number of hydrogen-bond donors (Lipinski definition) is 2. The number of aryl methyl sites for hydroxylation is 2. The molecule has 2 N–H and O–H groups in total. The zero-order valence-corrected chi connectivity index (χ0v) is 16.9. The van der Waals surface area contributed by atoms with Gasteiger partial charge in [0.25, 0.3) is 0 Å². The molecule has 1 saturated heterocycles. The second-order valence-corrected chi connectivity index (χ2v) is 7.62. The number of rotatable bonds is 3. The summed E-state index contributed by atoms with van der Waals surface area (Å²) < 4.78 is 5.64. The first-order valence-corrected chi connectivity index (χ1v) is 9.92. The Morgan fingerprint density at radius 3 is 2.90 bits per heavy atom. The van der Waals surface area contributed by atoms with E-state index in [1.165, 1.54) is 0 Å². The van der Waals surface area contributed by atoms with Crippen LogP contribution in [0.2, 0.25) is 0 Å². The molecule has 4 aromatic heterocycles. The summed E-state index contributed by atoms with van der Waals surface area (Å²) in [6, 6.07) is 8.68. The van der Waals surface area contributed by atoms with Gasteiger partial charge in [-0.15, -0.1) is 0 Å². The van der Waals surface area contributed by atoms with E-state index in [-0.39, 0.29) is 6.04 Å². The zero-order chi connectivity index (χ0) is 20.0. The van der Waals surface area contributed by atoms with Crippen LogP contribution in [0.4, 0.5) is 5.82 Å². The van der Waals surface area contributed by atoms with Crippen LogP contribution in [0.5, 0.6) is 0 Å². The maximum atomic E-state index is 5.64. The van der Waals surface area contributed by atoms with Gasteiger partial charge in [0.15, 0.2) is 0 Å². The van der Waals surface area contributed by atoms with Gasteiger partial charge >= 0.3 is 0 Å². The monoisotopic (exact) mass is 388 g/mol. The molecule has 0 bridgehead atoms. The summed E-state index contributed by atoms with van der Waals surface area (Å²) in [5, 5.41) is 8.58. The maximum Gasteiger partial charge on any atom is 0.137 e. The molecule has 7 heteroatoms. The first-order chi connectivity index (χ1) is 14.1. The molecular weight excluding hydrogens is 364 g/mol. The highest BCUT2D eigenvalue weighted by atomic mass is 16.5. The Labute approximate surface area is 169 Å². The van der Waals surface area contributed by atoms with Crippen molar-refractivity contribution in [2.45, 2.75) is 26.8 Å². The molecule has 7 nitrogen and oxygen atoms in total. The van der Waals surface area contributed by atoms with Crippen molar-refractivity contribution in [1.82, 2.24) is 25.1 Å². The minimum atomic E-state index is 0.274. The van der Waals surface area contributed by atoms with E-state index in [4.69, 9.17) is 9.72 Å². The van der Waals surface area contributed by atoms with Gasteiger partial charge in [-0.3, -0.25) is 5.10 Å². The fourth-order valence-electron chi connectivity index (χ4n) is 4.17. The van der Waals surface area contributed by atoms with Crippen LogP contribution < -0.4 is 4.90 Å². The SMILES string of the molecule is Cc1n[nH]c(C)c1-c1cc(-c2ccnc3[nH]ccc23)nc(N2CCOCC2C)c1. The number of fused-ring (bicyclic) bond motifs is 1. The third-order valence-corrected chi connectivity index (χ3v) is 5.63. The average Bonchev–Trinajstić information content (AvgIpc) is 3.34. The fraction of sp³-hybridized carbons (Fsp3) is 0.318. The molecule has 5 rings (SSSR count). The first kappa shape index (κ1) is 17.9. The van der Waals surface area contributed by atoms with Crippen LogP contribution in [0.1, 0.15) is 18.3 Å². The van der Waals surface area contributed by atoms with Crippen molar-refractivity contribution in [3.63, 3.8) is 0 Å². The van der Waals surface area contributed by atoms with Crippen LogP contribution in [0.25, 0.3) is 33.4 Å². The summed E-state index contributed by atoms with van der Waals surface area (Å²) in [7, 11) is 0. The molecular formula is C22H24N6O. The molecule has 0 radical (unpaired) electrons. The third kappa shape index (κ3) is 3.07. The van der Waals surface area contributed by atoms with Gasteiger partial charge in [-0.1, -0.05) is 0 Å². The van der Waals surface area contributed by atoms with Crippen molar-refractivity contribution in [3.8, 4) is 22.4 Å². The normalized spacial score (nSPS) is 17.2. The Morgan fingerprint density at radius 1 is 1.21 bits per heavy atom. The van der Waals surface area contributed by atoms with Crippen LogP contribution >= 0.6 is 0 Å². The van der Waals surface area contributed by atoms with Crippen molar-refractivity contribution in [3.05, 3.63) is 48.0 Å². The number of nitrogens with zero attached hydrogens (tertiary/aromatic N) is 4. The lowest BCUT2D eigenvalue weighted by molar-refractivity contribution is 0.0985. The maximum absolute atomic E-state index is 5.64. The number of aromatic nitrogens is 5. The summed E-state index contributed by atoms with van der Waals surface area (Å²) >= 11 is 0. The largest absolute Gasteiger partial charge is 0.377 e. The van der Waals surface area contributed by atoms with E-state index in [1.807, 2.05) is 25.4 Å². The Balaban J connectivity index is 1.73. The Bertz CT molecular complexity index is 1160. The third-order valence-electron chi connectivity index (χ3n) is 5.63. The van der Waals surface area contributed by atoms with E-state index < -0.39 is 0 Å². The molecule has 1 aliphatic rings. The minimum Gasteiger partial charge on any atom is -0.377 e. The lowest BCUT2D eigenvalue weighted by Gasteiger charge is -2.34. The van der Waals surface area contributed by atoms with Crippen LogP contribution in [0.15, 0.2) is 36.7 Å². The molecule has 5 heterocycles. The number of pyridine rings is 2. The Kier molecular flexibility index (Phi) is 4.32. The summed E-state index contributed by atoms with van der Waals surface area (Å²) in [6.45, 7) is 8.53. The van der Waals surface area contributed by atoms with Crippen molar-refractivity contribution in [2.24, 2.45) is 0 Å². The number of anilines is 1. The zero-order valence-electron chi connectivity index (χ0n) is 16.9. The van der Waals surface area contributed by atoms with E-state index in [0.717, 1.165) is 57.2 Å². The van der Waals surface area contributed by atoms with Crippen molar-refractivity contribution >= 4 is 16.9 Å². The van der Waals surface area contributed by atoms with Gasteiger partial charge in [-0.25, -0.2) is 9.97 Å². The number of H-pyrrole nitrogens is 2. The fourth-order valence-corrected chi connectivity index (χ4v) is 4.17. The second kappa shape index (κ2) is 7.00. The van der Waals surface area contributed by atoms with E-state index in [1.54, 1.807) is 0 Å². The van der Waals surface area contributed by atoms with E-state index in [9.17, 15) is 0 Å². The predicted molar refractivity (Wildman–Crippen MR) is 114 cm³/mol. The lowest BCUT2D eigenvalue weighted by atomic mass is 10.0. The standard InChI is InChI=1S/C22H24N6O/c1-13-12-29-9-8-28(13)20-11-16(21-14(2)26-27-15(21)3)10-19(25-20)17-4-6-23-22-18(17)5-7-24-22/h4-7,10-11,13H,8-9,12H2,1-3H3,(H,23,24)(H,26,27). The Hall–Kier alpha value is -3.19. The highest BCUT2D eigenvalue weighted by molar-refractivity contribution is 5.93. The van der Waals surface area contributed by atoms with Gasteiger partial charge in [-0.2, -0.15) is 5.10 Å². The molecule has 1 aliphatic heterocycles. The van der Waals surface area contributed by atoms with Crippen LogP contribution in [0, 0.1) is 13.8 Å². The number of ether oxygens (including phenoxy) is 1. The highest BCUT2D eigenvalue weighted by Gasteiger charge is 2.23. The topological polar surface area (TPSA) is 82.7 Å². The average molecular weight is 388 g/mol.